The molecule has 0 aliphatic heterocycles. The van der Waals surface area contributed by atoms with Crippen molar-refractivity contribution in [3.05, 3.63) is 42.7 Å². The SMILES string of the molecule is CC(C)Cn1ccnc1-c1ccccc1. The van der Waals surface area contributed by atoms with Gasteiger partial charge in [-0.15, -0.1) is 0 Å². The van der Waals surface area contributed by atoms with Gasteiger partial charge < -0.3 is 4.57 Å². The Balaban J connectivity index is 2.33. The monoisotopic (exact) mass is 200 g/mol. The first kappa shape index (κ1) is 9.97. The van der Waals surface area contributed by atoms with Gasteiger partial charge in [0.05, 0.1) is 0 Å². The van der Waals surface area contributed by atoms with Gasteiger partial charge in [0.1, 0.15) is 5.82 Å². The lowest BCUT2D eigenvalue weighted by atomic mass is 10.2. The Bertz CT molecular complexity index is 415. The van der Waals surface area contributed by atoms with Crippen LogP contribution in [-0.2, 0) is 6.54 Å². The number of nitrogens with zero attached hydrogens (tertiary/aromatic N) is 2. The molecule has 1 heterocycles. The van der Waals surface area contributed by atoms with Crippen molar-refractivity contribution in [3.8, 4) is 11.4 Å². The molecule has 1 aromatic heterocycles. The number of benzene rings is 1. The maximum absolute atomic E-state index is 4.40. The van der Waals surface area contributed by atoms with E-state index in [1.165, 1.54) is 5.56 Å². The van der Waals surface area contributed by atoms with E-state index in [4.69, 9.17) is 0 Å². The summed E-state index contributed by atoms with van der Waals surface area (Å²) in [5.74, 6) is 1.70. The van der Waals surface area contributed by atoms with Crippen molar-refractivity contribution in [1.82, 2.24) is 9.55 Å². The summed E-state index contributed by atoms with van der Waals surface area (Å²) in [5.41, 5.74) is 1.18. The summed E-state index contributed by atoms with van der Waals surface area (Å²) < 4.78 is 2.21. The molecule has 15 heavy (non-hydrogen) atoms. The van der Waals surface area contributed by atoms with Crippen molar-refractivity contribution in [2.45, 2.75) is 20.4 Å². The predicted molar refractivity (Wildman–Crippen MR) is 62.5 cm³/mol. The topological polar surface area (TPSA) is 17.8 Å². The van der Waals surface area contributed by atoms with Gasteiger partial charge in [0.25, 0.3) is 0 Å². The highest BCUT2D eigenvalue weighted by Crippen LogP contribution is 2.17. The maximum atomic E-state index is 4.40. The zero-order chi connectivity index (χ0) is 10.7. The van der Waals surface area contributed by atoms with Gasteiger partial charge in [-0.2, -0.15) is 0 Å². The molecule has 0 N–H and O–H groups in total. The van der Waals surface area contributed by atoms with E-state index in [0.29, 0.717) is 5.92 Å². The lowest BCUT2D eigenvalue weighted by molar-refractivity contribution is 0.527. The highest BCUT2D eigenvalue weighted by molar-refractivity contribution is 5.55. The molecule has 0 radical (unpaired) electrons. The Kier molecular flexibility index (Phi) is 2.86. The summed E-state index contributed by atoms with van der Waals surface area (Å²) >= 11 is 0. The van der Waals surface area contributed by atoms with E-state index in [0.717, 1.165) is 12.4 Å². The fourth-order valence-corrected chi connectivity index (χ4v) is 1.70. The first-order valence-corrected chi connectivity index (χ1v) is 5.34. The minimum atomic E-state index is 0.640. The maximum Gasteiger partial charge on any atom is 0.139 e. The average Bonchev–Trinajstić information content (AvgIpc) is 2.66. The van der Waals surface area contributed by atoms with Crippen LogP contribution in [-0.4, -0.2) is 9.55 Å². The number of aromatic nitrogens is 2. The van der Waals surface area contributed by atoms with Crippen LogP contribution in [0, 0.1) is 5.92 Å². The Morgan fingerprint density at radius 2 is 1.93 bits per heavy atom. The summed E-state index contributed by atoms with van der Waals surface area (Å²) in [6.45, 7) is 5.45. The normalized spacial score (nSPS) is 10.9. The summed E-state index contributed by atoms with van der Waals surface area (Å²) in [6.07, 6.45) is 3.91. The highest BCUT2D eigenvalue weighted by Gasteiger charge is 2.05. The number of rotatable bonds is 3. The molecule has 2 heteroatoms. The summed E-state index contributed by atoms with van der Waals surface area (Å²) in [7, 11) is 0. The Morgan fingerprint density at radius 1 is 1.20 bits per heavy atom. The molecule has 0 aliphatic carbocycles. The summed E-state index contributed by atoms with van der Waals surface area (Å²) in [5, 5.41) is 0. The standard InChI is InChI=1S/C13H16N2/c1-11(2)10-15-9-8-14-13(15)12-6-4-3-5-7-12/h3-9,11H,10H2,1-2H3. The van der Waals surface area contributed by atoms with Crippen molar-refractivity contribution in [2.24, 2.45) is 5.92 Å². The Hall–Kier alpha value is -1.57. The van der Waals surface area contributed by atoms with Gasteiger partial charge in [0, 0.05) is 24.5 Å². The van der Waals surface area contributed by atoms with Crippen molar-refractivity contribution >= 4 is 0 Å². The smallest absolute Gasteiger partial charge is 0.139 e. The zero-order valence-corrected chi connectivity index (χ0v) is 9.22. The van der Waals surface area contributed by atoms with E-state index in [2.05, 4.69) is 35.5 Å². The van der Waals surface area contributed by atoms with Gasteiger partial charge in [-0.3, -0.25) is 0 Å². The van der Waals surface area contributed by atoms with Crippen molar-refractivity contribution < 1.29 is 0 Å². The van der Waals surface area contributed by atoms with Gasteiger partial charge in [0.15, 0.2) is 0 Å². The predicted octanol–water partition coefficient (Wildman–Crippen LogP) is 3.21. The van der Waals surface area contributed by atoms with Crippen molar-refractivity contribution in [1.29, 1.82) is 0 Å². The van der Waals surface area contributed by atoms with Crippen LogP contribution in [0.25, 0.3) is 11.4 Å². The molecule has 0 spiro atoms. The summed E-state index contributed by atoms with van der Waals surface area (Å²) in [4.78, 5) is 4.40. The van der Waals surface area contributed by atoms with E-state index < -0.39 is 0 Å². The van der Waals surface area contributed by atoms with Gasteiger partial charge in [-0.25, -0.2) is 4.98 Å². The minimum Gasteiger partial charge on any atom is -0.331 e. The van der Waals surface area contributed by atoms with E-state index in [9.17, 15) is 0 Å². The highest BCUT2D eigenvalue weighted by atomic mass is 15.1. The molecule has 1 aromatic carbocycles. The van der Waals surface area contributed by atoms with Crippen LogP contribution >= 0.6 is 0 Å². The Morgan fingerprint density at radius 3 is 2.60 bits per heavy atom. The van der Waals surface area contributed by atoms with E-state index in [1.54, 1.807) is 0 Å². The van der Waals surface area contributed by atoms with Crippen LogP contribution in [0.15, 0.2) is 42.7 Å². The van der Waals surface area contributed by atoms with Gasteiger partial charge in [-0.05, 0) is 5.92 Å². The molecule has 0 saturated heterocycles. The van der Waals surface area contributed by atoms with Crippen LogP contribution in [0.1, 0.15) is 13.8 Å². The van der Waals surface area contributed by atoms with E-state index >= 15 is 0 Å². The zero-order valence-electron chi connectivity index (χ0n) is 9.22. The quantitative estimate of drug-likeness (QED) is 0.744. The van der Waals surface area contributed by atoms with Crippen LogP contribution in [0.3, 0.4) is 0 Å². The van der Waals surface area contributed by atoms with Crippen LogP contribution in [0.2, 0.25) is 0 Å². The average molecular weight is 200 g/mol. The molecule has 0 amide bonds. The van der Waals surface area contributed by atoms with Gasteiger partial charge in [0.2, 0.25) is 0 Å². The third kappa shape index (κ3) is 2.27. The first-order valence-electron chi connectivity index (χ1n) is 5.34. The minimum absolute atomic E-state index is 0.640. The van der Waals surface area contributed by atoms with E-state index in [1.807, 2.05) is 30.6 Å². The van der Waals surface area contributed by atoms with E-state index in [-0.39, 0.29) is 0 Å². The van der Waals surface area contributed by atoms with Crippen molar-refractivity contribution in [2.75, 3.05) is 0 Å². The molecule has 0 saturated carbocycles. The molecule has 0 fully saturated rings. The van der Waals surface area contributed by atoms with Crippen LogP contribution < -0.4 is 0 Å². The Labute approximate surface area is 90.6 Å². The molecule has 2 aromatic rings. The van der Waals surface area contributed by atoms with Crippen LogP contribution in [0.4, 0.5) is 0 Å². The lowest BCUT2D eigenvalue weighted by Gasteiger charge is -2.09. The van der Waals surface area contributed by atoms with Gasteiger partial charge in [-0.1, -0.05) is 44.2 Å². The second kappa shape index (κ2) is 4.30. The second-order valence-electron chi connectivity index (χ2n) is 4.16. The second-order valence-corrected chi connectivity index (χ2v) is 4.16. The fourth-order valence-electron chi connectivity index (χ4n) is 1.70. The fraction of sp³-hybridized carbons (Fsp3) is 0.308. The molecular formula is C13H16N2. The third-order valence-corrected chi connectivity index (χ3v) is 2.31. The number of hydrogen-bond acceptors (Lipinski definition) is 1. The summed E-state index contributed by atoms with van der Waals surface area (Å²) in [6, 6.07) is 10.3. The number of hydrogen-bond donors (Lipinski definition) is 0. The molecule has 0 bridgehead atoms. The largest absolute Gasteiger partial charge is 0.331 e. The molecule has 0 atom stereocenters. The van der Waals surface area contributed by atoms with Gasteiger partial charge >= 0.3 is 0 Å². The molecule has 78 valence electrons. The molecule has 0 unspecified atom stereocenters. The number of imidazole rings is 1. The molecular weight excluding hydrogens is 184 g/mol. The first-order chi connectivity index (χ1) is 7.27. The molecule has 0 aliphatic rings. The molecule has 2 nitrogen and oxygen atoms in total. The molecule has 2 rings (SSSR count). The lowest BCUT2D eigenvalue weighted by Crippen LogP contribution is -2.04. The van der Waals surface area contributed by atoms with Crippen molar-refractivity contribution in [3.63, 3.8) is 0 Å². The van der Waals surface area contributed by atoms with Crippen LogP contribution in [0.5, 0.6) is 0 Å². The third-order valence-electron chi connectivity index (χ3n) is 2.31.